The predicted molar refractivity (Wildman–Crippen MR) is 85.4 cm³/mol. The summed E-state index contributed by atoms with van der Waals surface area (Å²) < 4.78 is 0. The standard InChI is InChI=1S/C16H24N2O.ClH/c1-13-4-3-5-14(12-13)6-7-16(19)18-10-8-15(17-2)9-11-18;/h3-5,12,15,17H,6-11H2,1-2H3;1H. The van der Waals surface area contributed by atoms with Gasteiger partial charge in [0.2, 0.25) is 5.91 Å². The largest absolute Gasteiger partial charge is 0.343 e. The van der Waals surface area contributed by atoms with Crippen LogP contribution in [-0.2, 0) is 11.2 Å². The van der Waals surface area contributed by atoms with Crippen molar-refractivity contribution in [3.05, 3.63) is 35.4 Å². The Morgan fingerprint density at radius 2 is 2.05 bits per heavy atom. The monoisotopic (exact) mass is 296 g/mol. The first kappa shape index (κ1) is 17.0. The maximum absolute atomic E-state index is 12.2. The Labute approximate surface area is 128 Å². The van der Waals surface area contributed by atoms with Crippen LogP contribution in [0.2, 0.25) is 0 Å². The molecule has 0 radical (unpaired) electrons. The van der Waals surface area contributed by atoms with E-state index in [0.29, 0.717) is 18.4 Å². The third kappa shape index (κ3) is 4.80. The number of benzene rings is 1. The van der Waals surface area contributed by atoms with Crippen molar-refractivity contribution >= 4 is 18.3 Å². The Hall–Kier alpha value is -1.06. The molecule has 0 spiro atoms. The maximum Gasteiger partial charge on any atom is 0.222 e. The average Bonchev–Trinajstić information content (AvgIpc) is 2.45. The first-order chi connectivity index (χ1) is 9.19. The fraction of sp³-hybridized carbons (Fsp3) is 0.562. The van der Waals surface area contributed by atoms with Crippen molar-refractivity contribution in [1.29, 1.82) is 0 Å². The molecule has 1 aromatic rings. The van der Waals surface area contributed by atoms with Gasteiger partial charge in [-0.1, -0.05) is 29.8 Å². The van der Waals surface area contributed by atoms with Crippen molar-refractivity contribution in [3.8, 4) is 0 Å². The van der Waals surface area contributed by atoms with Gasteiger partial charge < -0.3 is 10.2 Å². The topological polar surface area (TPSA) is 32.3 Å². The molecule has 0 atom stereocenters. The molecule has 20 heavy (non-hydrogen) atoms. The number of nitrogens with one attached hydrogen (secondary N) is 1. The van der Waals surface area contributed by atoms with Crippen molar-refractivity contribution in [1.82, 2.24) is 10.2 Å². The Morgan fingerprint density at radius 3 is 2.65 bits per heavy atom. The highest BCUT2D eigenvalue weighted by molar-refractivity contribution is 5.85. The van der Waals surface area contributed by atoms with E-state index in [1.54, 1.807) is 0 Å². The molecule has 112 valence electrons. The summed E-state index contributed by atoms with van der Waals surface area (Å²) in [4.78, 5) is 14.2. The van der Waals surface area contributed by atoms with E-state index in [9.17, 15) is 4.79 Å². The molecule has 2 rings (SSSR count). The Morgan fingerprint density at radius 1 is 1.35 bits per heavy atom. The highest BCUT2D eigenvalue weighted by Gasteiger charge is 2.21. The SMILES string of the molecule is CNC1CCN(C(=O)CCc2cccc(C)c2)CC1.Cl. The quantitative estimate of drug-likeness (QED) is 0.926. The van der Waals surface area contributed by atoms with Crippen molar-refractivity contribution in [2.24, 2.45) is 0 Å². The van der Waals surface area contributed by atoms with Crippen LogP contribution in [0.1, 0.15) is 30.4 Å². The summed E-state index contributed by atoms with van der Waals surface area (Å²) in [5.41, 5.74) is 2.53. The number of amides is 1. The first-order valence-corrected chi connectivity index (χ1v) is 7.19. The first-order valence-electron chi connectivity index (χ1n) is 7.19. The van der Waals surface area contributed by atoms with Gasteiger partial charge in [0.25, 0.3) is 0 Å². The zero-order valence-corrected chi connectivity index (χ0v) is 13.2. The molecular weight excluding hydrogens is 272 g/mol. The van der Waals surface area contributed by atoms with Gasteiger partial charge in [-0.05, 0) is 38.8 Å². The van der Waals surface area contributed by atoms with E-state index in [2.05, 4.69) is 36.5 Å². The molecule has 1 N–H and O–H groups in total. The van der Waals surface area contributed by atoms with Crippen LogP contribution in [0, 0.1) is 6.92 Å². The minimum absolute atomic E-state index is 0. The fourth-order valence-electron chi connectivity index (χ4n) is 2.69. The van der Waals surface area contributed by atoms with Gasteiger partial charge in [0.05, 0.1) is 0 Å². The number of likely N-dealkylation sites (tertiary alicyclic amines) is 1. The van der Waals surface area contributed by atoms with Gasteiger partial charge in [-0.3, -0.25) is 4.79 Å². The Kier molecular flexibility index (Phi) is 7.03. The zero-order chi connectivity index (χ0) is 13.7. The normalized spacial score (nSPS) is 15.8. The molecule has 1 amide bonds. The molecular formula is C16H25ClN2O. The van der Waals surface area contributed by atoms with Crippen molar-refractivity contribution in [2.45, 2.75) is 38.6 Å². The highest BCUT2D eigenvalue weighted by atomic mass is 35.5. The van der Waals surface area contributed by atoms with E-state index in [0.717, 1.165) is 32.4 Å². The number of carbonyl (C=O) groups excluding carboxylic acids is 1. The predicted octanol–water partition coefficient (Wildman–Crippen LogP) is 2.56. The van der Waals surface area contributed by atoms with Crippen LogP contribution >= 0.6 is 12.4 Å². The van der Waals surface area contributed by atoms with E-state index in [1.165, 1.54) is 11.1 Å². The Bertz CT molecular complexity index is 428. The minimum Gasteiger partial charge on any atom is -0.343 e. The fourth-order valence-corrected chi connectivity index (χ4v) is 2.69. The van der Waals surface area contributed by atoms with E-state index in [4.69, 9.17) is 0 Å². The van der Waals surface area contributed by atoms with Crippen molar-refractivity contribution < 1.29 is 4.79 Å². The van der Waals surface area contributed by atoms with E-state index in [-0.39, 0.29) is 12.4 Å². The molecule has 1 saturated heterocycles. The molecule has 0 saturated carbocycles. The lowest BCUT2D eigenvalue weighted by Gasteiger charge is -2.31. The third-order valence-electron chi connectivity index (χ3n) is 3.97. The van der Waals surface area contributed by atoms with Crippen LogP contribution in [0.3, 0.4) is 0 Å². The summed E-state index contributed by atoms with van der Waals surface area (Å²) in [6.45, 7) is 3.89. The number of halogens is 1. The number of hydrogen-bond acceptors (Lipinski definition) is 2. The second kappa shape index (κ2) is 8.28. The number of hydrogen-bond donors (Lipinski definition) is 1. The average molecular weight is 297 g/mol. The van der Waals surface area contributed by atoms with Crippen LogP contribution in [0.25, 0.3) is 0 Å². The second-order valence-corrected chi connectivity index (χ2v) is 5.43. The van der Waals surface area contributed by atoms with Gasteiger partial charge in [0, 0.05) is 25.6 Å². The van der Waals surface area contributed by atoms with Crippen molar-refractivity contribution in [2.75, 3.05) is 20.1 Å². The minimum atomic E-state index is 0. The number of nitrogens with zero attached hydrogens (tertiary/aromatic N) is 1. The summed E-state index contributed by atoms with van der Waals surface area (Å²) >= 11 is 0. The van der Waals surface area contributed by atoms with Gasteiger partial charge in [0.1, 0.15) is 0 Å². The third-order valence-corrected chi connectivity index (χ3v) is 3.97. The summed E-state index contributed by atoms with van der Waals surface area (Å²) in [5.74, 6) is 0.302. The Balaban J connectivity index is 0.00000200. The van der Waals surface area contributed by atoms with Crippen LogP contribution in [0.5, 0.6) is 0 Å². The summed E-state index contributed by atoms with van der Waals surface area (Å²) in [6, 6.07) is 9.01. The molecule has 1 fully saturated rings. The molecule has 3 nitrogen and oxygen atoms in total. The van der Waals surface area contributed by atoms with Gasteiger partial charge in [-0.25, -0.2) is 0 Å². The second-order valence-electron chi connectivity index (χ2n) is 5.43. The molecule has 4 heteroatoms. The van der Waals surface area contributed by atoms with Crippen LogP contribution in [0.4, 0.5) is 0 Å². The molecule has 1 aromatic carbocycles. The molecule has 1 aliphatic rings. The van der Waals surface area contributed by atoms with Crippen LogP contribution in [-0.4, -0.2) is 37.0 Å². The van der Waals surface area contributed by atoms with E-state index < -0.39 is 0 Å². The van der Waals surface area contributed by atoms with E-state index in [1.807, 2.05) is 11.9 Å². The van der Waals surface area contributed by atoms with Crippen molar-refractivity contribution in [3.63, 3.8) is 0 Å². The van der Waals surface area contributed by atoms with Gasteiger partial charge in [-0.15, -0.1) is 12.4 Å². The maximum atomic E-state index is 12.2. The molecule has 1 heterocycles. The number of carbonyl (C=O) groups is 1. The zero-order valence-electron chi connectivity index (χ0n) is 12.4. The summed E-state index contributed by atoms with van der Waals surface area (Å²) in [7, 11) is 2.00. The number of rotatable bonds is 4. The summed E-state index contributed by atoms with van der Waals surface area (Å²) in [5, 5.41) is 3.29. The van der Waals surface area contributed by atoms with Crippen LogP contribution < -0.4 is 5.32 Å². The number of piperidine rings is 1. The van der Waals surface area contributed by atoms with Gasteiger partial charge in [0.15, 0.2) is 0 Å². The van der Waals surface area contributed by atoms with Crippen LogP contribution in [0.15, 0.2) is 24.3 Å². The molecule has 0 aliphatic carbocycles. The van der Waals surface area contributed by atoms with Gasteiger partial charge in [-0.2, -0.15) is 0 Å². The molecule has 0 bridgehead atoms. The lowest BCUT2D eigenvalue weighted by Crippen LogP contribution is -2.44. The molecule has 0 unspecified atom stereocenters. The summed E-state index contributed by atoms with van der Waals surface area (Å²) in [6.07, 6.45) is 3.64. The molecule has 1 aliphatic heterocycles. The lowest BCUT2D eigenvalue weighted by molar-refractivity contribution is -0.132. The smallest absolute Gasteiger partial charge is 0.222 e. The highest BCUT2D eigenvalue weighted by Crippen LogP contribution is 2.13. The van der Waals surface area contributed by atoms with E-state index >= 15 is 0 Å². The number of aryl methyl sites for hydroxylation is 2. The molecule has 0 aromatic heterocycles. The van der Waals surface area contributed by atoms with Gasteiger partial charge >= 0.3 is 0 Å². The lowest BCUT2D eigenvalue weighted by atomic mass is 10.0.